The van der Waals surface area contributed by atoms with Gasteiger partial charge in [-0.3, -0.25) is 0 Å². The van der Waals surface area contributed by atoms with Crippen LogP contribution in [-0.2, 0) is 9.47 Å². The summed E-state index contributed by atoms with van der Waals surface area (Å²) in [5.41, 5.74) is 0. The third-order valence-electron chi connectivity index (χ3n) is 2.41. The molecule has 0 aliphatic carbocycles. The second-order valence-corrected chi connectivity index (χ2v) is 4.10. The van der Waals surface area contributed by atoms with Gasteiger partial charge < -0.3 is 14.6 Å². The van der Waals surface area contributed by atoms with Gasteiger partial charge in [-0.2, -0.15) is 0 Å². The molecule has 1 rings (SSSR count). The lowest BCUT2D eigenvalue weighted by molar-refractivity contribution is 0.188. The topological polar surface area (TPSA) is 38.7 Å². The van der Waals surface area contributed by atoms with Crippen molar-refractivity contribution in [3.05, 3.63) is 0 Å². The van der Waals surface area contributed by atoms with Crippen molar-refractivity contribution < 1.29 is 14.6 Å². The summed E-state index contributed by atoms with van der Waals surface area (Å²) >= 11 is 0. The Morgan fingerprint density at radius 2 is 2.00 bits per heavy atom. The molecule has 0 saturated carbocycles. The SMILES string of the molecule is CC1CCOC1.COCCCCCCO. The summed E-state index contributed by atoms with van der Waals surface area (Å²) in [4.78, 5) is 0. The summed E-state index contributed by atoms with van der Waals surface area (Å²) in [6, 6.07) is 0. The second-order valence-electron chi connectivity index (χ2n) is 4.10. The lowest BCUT2D eigenvalue weighted by atomic mass is 10.2. The van der Waals surface area contributed by atoms with Crippen LogP contribution in [-0.4, -0.2) is 38.6 Å². The Morgan fingerprint density at radius 1 is 1.27 bits per heavy atom. The van der Waals surface area contributed by atoms with Crippen molar-refractivity contribution in [3.8, 4) is 0 Å². The van der Waals surface area contributed by atoms with E-state index in [1.165, 1.54) is 12.8 Å². The van der Waals surface area contributed by atoms with Gasteiger partial charge >= 0.3 is 0 Å². The van der Waals surface area contributed by atoms with E-state index in [1.54, 1.807) is 7.11 Å². The van der Waals surface area contributed by atoms with Gasteiger partial charge in [0.15, 0.2) is 0 Å². The molecule has 0 aromatic carbocycles. The highest BCUT2D eigenvalue weighted by molar-refractivity contribution is 4.55. The van der Waals surface area contributed by atoms with Crippen molar-refractivity contribution in [2.75, 3.05) is 33.5 Å². The van der Waals surface area contributed by atoms with Crippen molar-refractivity contribution in [2.24, 2.45) is 5.92 Å². The van der Waals surface area contributed by atoms with E-state index in [9.17, 15) is 0 Å². The van der Waals surface area contributed by atoms with E-state index in [0.29, 0.717) is 6.61 Å². The first-order valence-corrected chi connectivity index (χ1v) is 5.98. The fourth-order valence-corrected chi connectivity index (χ4v) is 1.36. The molecular formula is C12H26O3. The first-order valence-electron chi connectivity index (χ1n) is 5.98. The van der Waals surface area contributed by atoms with Crippen molar-refractivity contribution >= 4 is 0 Å². The Labute approximate surface area is 93.8 Å². The van der Waals surface area contributed by atoms with E-state index in [1.807, 2.05) is 0 Å². The molecular weight excluding hydrogens is 192 g/mol. The molecule has 15 heavy (non-hydrogen) atoms. The lowest BCUT2D eigenvalue weighted by Gasteiger charge is -1.96. The van der Waals surface area contributed by atoms with E-state index in [0.717, 1.165) is 45.0 Å². The van der Waals surface area contributed by atoms with Gasteiger partial charge in [0.25, 0.3) is 0 Å². The van der Waals surface area contributed by atoms with E-state index >= 15 is 0 Å². The predicted molar refractivity (Wildman–Crippen MR) is 62.0 cm³/mol. The van der Waals surface area contributed by atoms with Crippen LogP contribution in [0.1, 0.15) is 39.0 Å². The van der Waals surface area contributed by atoms with Crippen LogP contribution in [0.5, 0.6) is 0 Å². The molecule has 1 atom stereocenters. The molecule has 1 fully saturated rings. The highest BCUT2D eigenvalue weighted by Crippen LogP contribution is 2.09. The van der Waals surface area contributed by atoms with Crippen LogP contribution < -0.4 is 0 Å². The number of unbranched alkanes of at least 4 members (excludes halogenated alkanes) is 3. The molecule has 0 aromatic heterocycles. The number of hydrogen-bond donors (Lipinski definition) is 1. The fourth-order valence-electron chi connectivity index (χ4n) is 1.36. The molecule has 1 saturated heterocycles. The Kier molecular flexibility index (Phi) is 11.9. The monoisotopic (exact) mass is 218 g/mol. The molecule has 92 valence electrons. The van der Waals surface area contributed by atoms with E-state index in [2.05, 4.69) is 6.92 Å². The van der Waals surface area contributed by atoms with Gasteiger partial charge in [-0.25, -0.2) is 0 Å². The Hall–Kier alpha value is -0.120. The minimum absolute atomic E-state index is 0.326. The molecule has 0 aromatic rings. The van der Waals surface area contributed by atoms with Gasteiger partial charge in [-0.15, -0.1) is 0 Å². The molecule has 3 heteroatoms. The number of aliphatic hydroxyl groups is 1. The first kappa shape index (κ1) is 14.9. The third kappa shape index (κ3) is 11.8. The van der Waals surface area contributed by atoms with Crippen LogP contribution >= 0.6 is 0 Å². The highest BCUT2D eigenvalue weighted by Gasteiger charge is 2.07. The largest absolute Gasteiger partial charge is 0.396 e. The van der Waals surface area contributed by atoms with Crippen LogP contribution in [0.15, 0.2) is 0 Å². The number of methoxy groups -OCH3 is 1. The van der Waals surface area contributed by atoms with Gasteiger partial charge in [0.05, 0.1) is 0 Å². The predicted octanol–water partition coefficient (Wildman–Crippen LogP) is 2.23. The maximum Gasteiger partial charge on any atom is 0.0492 e. The smallest absolute Gasteiger partial charge is 0.0492 e. The van der Waals surface area contributed by atoms with E-state index in [-0.39, 0.29) is 0 Å². The maximum atomic E-state index is 8.39. The first-order chi connectivity index (χ1) is 7.31. The zero-order chi connectivity index (χ0) is 11.4. The molecule has 1 N–H and O–H groups in total. The summed E-state index contributed by atoms with van der Waals surface area (Å²) < 4.78 is 9.92. The average Bonchev–Trinajstić information content (AvgIpc) is 2.70. The molecule has 0 radical (unpaired) electrons. The van der Waals surface area contributed by atoms with E-state index < -0.39 is 0 Å². The third-order valence-corrected chi connectivity index (χ3v) is 2.41. The van der Waals surface area contributed by atoms with Crippen LogP contribution in [0.3, 0.4) is 0 Å². The maximum absolute atomic E-state index is 8.39. The van der Waals surface area contributed by atoms with Crippen molar-refractivity contribution in [3.63, 3.8) is 0 Å². The molecule has 1 aliphatic heterocycles. The van der Waals surface area contributed by atoms with Crippen LogP contribution in [0.25, 0.3) is 0 Å². The van der Waals surface area contributed by atoms with Crippen molar-refractivity contribution in [2.45, 2.75) is 39.0 Å². The number of ether oxygens (including phenoxy) is 2. The van der Waals surface area contributed by atoms with Gasteiger partial charge in [-0.05, 0) is 25.2 Å². The molecule has 3 nitrogen and oxygen atoms in total. The van der Waals surface area contributed by atoms with Crippen LogP contribution in [0, 0.1) is 5.92 Å². The van der Waals surface area contributed by atoms with Gasteiger partial charge in [0.1, 0.15) is 0 Å². The summed E-state index contributed by atoms with van der Waals surface area (Å²) in [6.07, 6.45) is 5.62. The Balaban J connectivity index is 0.000000280. The summed E-state index contributed by atoms with van der Waals surface area (Å²) in [7, 11) is 1.71. The zero-order valence-corrected chi connectivity index (χ0v) is 10.2. The Morgan fingerprint density at radius 3 is 2.40 bits per heavy atom. The average molecular weight is 218 g/mol. The van der Waals surface area contributed by atoms with Crippen molar-refractivity contribution in [1.29, 1.82) is 0 Å². The molecule has 1 unspecified atom stereocenters. The number of hydrogen-bond acceptors (Lipinski definition) is 3. The lowest BCUT2D eigenvalue weighted by Crippen LogP contribution is -1.89. The summed E-state index contributed by atoms with van der Waals surface area (Å²) in [6.45, 7) is 5.37. The summed E-state index contributed by atoms with van der Waals surface area (Å²) in [5.74, 6) is 0.824. The minimum atomic E-state index is 0.326. The van der Waals surface area contributed by atoms with Gasteiger partial charge in [0.2, 0.25) is 0 Å². The number of aliphatic hydroxyl groups excluding tert-OH is 1. The van der Waals surface area contributed by atoms with Crippen LogP contribution in [0.2, 0.25) is 0 Å². The zero-order valence-electron chi connectivity index (χ0n) is 10.2. The normalized spacial score (nSPS) is 19.8. The standard InChI is InChI=1S/C7H16O2.C5H10O/c1-9-7-5-3-2-4-6-8;1-5-2-3-6-4-5/h8H,2-7H2,1H3;5H,2-4H2,1H3. The molecule has 1 heterocycles. The van der Waals surface area contributed by atoms with Crippen molar-refractivity contribution in [1.82, 2.24) is 0 Å². The minimum Gasteiger partial charge on any atom is -0.396 e. The van der Waals surface area contributed by atoms with Gasteiger partial charge in [-0.1, -0.05) is 19.8 Å². The Bertz CT molecular complexity index is 105. The molecule has 1 aliphatic rings. The fraction of sp³-hybridized carbons (Fsp3) is 1.00. The summed E-state index contributed by atoms with van der Waals surface area (Å²) in [5, 5.41) is 8.39. The van der Waals surface area contributed by atoms with Gasteiger partial charge in [0, 0.05) is 33.5 Å². The molecule has 0 amide bonds. The second kappa shape index (κ2) is 12.0. The number of rotatable bonds is 6. The quantitative estimate of drug-likeness (QED) is 0.695. The van der Waals surface area contributed by atoms with Crippen LogP contribution in [0.4, 0.5) is 0 Å². The molecule has 0 bridgehead atoms. The highest BCUT2D eigenvalue weighted by atomic mass is 16.5. The molecule has 0 spiro atoms. The van der Waals surface area contributed by atoms with E-state index in [4.69, 9.17) is 14.6 Å².